The summed E-state index contributed by atoms with van der Waals surface area (Å²) in [4.78, 5) is 39.7. The molecule has 28 heavy (non-hydrogen) atoms. The zero-order valence-corrected chi connectivity index (χ0v) is 18.6. The lowest BCUT2D eigenvalue weighted by atomic mass is 9.92. The summed E-state index contributed by atoms with van der Waals surface area (Å²) in [6.07, 6.45) is 0.949. The fourth-order valence-corrected chi connectivity index (χ4v) is 3.33. The van der Waals surface area contributed by atoms with Crippen molar-refractivity contribution in [1.82, 2.24) is 19.8 Å². The van der Waals surface area contributed by atoms with Gasteiger partial charge in [-0.15, -0.1) is 0 Å². The first-order chi connectivity index (χ1) is 12.9. The summed E-state index contributed by atoms with van der Waals surface area (Å²) >= 11 is 0. The summed E-state index contributed by atoms with van der Waals surface area (Å²) in [6, 6.07) is 2.15. The van der Waals surface area contributed by atoms with E-state index in [1.165, 1.54) is 0 Å². The van der Waals surface area contributed by atoms with E-state index in [0.29, 0.717) is 31.8 Å². The average molecular weight is 390 g/mol. The number of likely N-dealkylation sites (tertiary alicyclic amines) is 1. The summed E-state index contributed by atoms with van der Waals surface area (Å²) < 4.78 is 0. The van der Waals surface area contributed by atoms with Crippen LogP contribution in [-0.2, 0) is 16.1 Å². The number of amides is 2. The monoisotopic (exact) mass is 389 g/mol. The molecule has 1 saturated heterocycles. The maximum atomic E-state index is 12.5. The highest BCUT2D eigenvalue weighted by atomic mass is 16.2. The summed E-state index contributed by atoms with van der Waals surface area (Å²) in [7, 11) is 5.66. The van der Waals surface area contributed by atoms with Crippen molar-refractivity contribution in [2.24, 2.45) is 5.41 Å². The maximum absolute atomic E-state index is 12.5. The zero-order valence-electron chi connectivity index (χ0n) is 18.6. The topological polar surface area (TPSA) is 69.6 Å². The van der Waals surface area contributed by atoms with Crippen LogP contribution in [0.1, 0.15) is 64.9 Å². The van der Waals surface area contributed by atoms with Crippen LogP contribution in [-0.4, -0.2) is 65.3 Å². The molecule has 2 amide bonds. The summed E-state index contributed by atoms with van der Waals surface area (Å²) in [5, 5.41) is 0. The summed E-state index contributed by atoms with van der Waals surface area (Å²) in [6.45, 7) is 11.3. The highest BCUT2D eigenvalue weighted by Crippen LogP contribution is 2.30. The third kappa shape index (κ3) is 5.66. The second-order valence-corrected chi connectivity index (χ2v) is 9.49. The van der Waals surface area contributed by atoms with E-state index in [4.69, 9.17) is 4.98 Å². The molecule has 2 rings (SSSR count). The maximum Gasteiger partial charge on any atom is 0.223 e. The molecule has 1 aliphatic heterocycles. The Labute approximate surface area is 169 Å². The Morgan fingerprint density at radius 3 is 2.39 bits per heavy atom. The van der Waals surface area contributed by atoms with Gasteiger partial charge in [-0.05, 0) is 19.3 Å². The Hall–Kier alpha value is -2.18. The third-order valence-corrected chi connectivity index (χ3v) is 4.92. The van der Waals surface area contributed by atoms with Crippen LogP contribution in [0.3, 0.4) is 0 Å². The van der Waals surface area contributed by atoms with Gasteiger partial charge in [0, 0.05) is 58.6 Å². The lowest BCUT2D eigenvalue weighted by molar-refractivity contribution is -0.132. The lowest BCUT2D eigenvalue weighted by Crippen LogP contribution is -2.32. The van der Waals surface area contributed by atoms with Gasteiger partial charge in [0.1, 0.15) is 11.6 Å². The molecule has 7 nitrogen and oxygen atoms in total. The van der Waals surface area contributed by atoms with Gasteiger partial charge in [0.2, 0.25) is 11.8 Å². The fourth-order valence-electron chi connectivity index (χ4n) is 3.33. The van der Waals surface area contributed by atoms with E-state index in [0.717, 1.165) is 11.5 Å². The molecule has 1 aromatic heterocycles. The molecule has 0 N–H and O–H groups in total. The quantitative estimate of drug-likeness (QED) is 0.748. The van der Waals surface area contributed by atoms with Gasteiger partial charge in [-0.25, -0.2) is 9.97 Å². The van der Waals surface area contributed by atoms with Crippen LogP contribution in [0.2, 0.25) is 0 Å². The van der Waals surface area contributed by atoms with Crippen LogP contribution >= 0.6 is 0 Å². The highest BCUT2D eigenvalue weighted by molar-refractivity contribution is 5.80. The molecular weight excluding hydrogens is 354 g/mol. The predicted molar refractivity (Wildman–Crippen MR) is 111 cm³/mol. The van der Waals surface area contributed by atoms with Gasteiger partial charge in [0.25, 0.3) is 0 Å². The van der Waals surface area contributed by atoms with Crippen LogP contribution < -0.4 is 4.90 Å². The number of rotatable bonds is 6. The van der Waals surface area contributed by atoms with Crippen molar-refractivity contribution in [1.29, 1.82) is 0 Å². The number of carbonyl (C=O) groups excluding carboxylic acids is 2. The molecule has 1 fully saturated rings. The molecule has 0 aliphatic carbocycles. The standard InChI is InChI=1S/C21H35N5O2/c1-14(2)26-12-15(9-19(26)27)16-10-18(24(6)7)23-17(22-16)13-25(8)20(28)11-21(3,4)5/h10,14-15H,9,11-13H2,1-8H3/t15-/m1/s1. The van der Waals surface area contributed by atoms with E-state index in [9.17, 15) is 9.59 Å². The average Bonchev–Trinajstić information content (AvgIpc) is 2.95. The molecule has 0 radical (unpaired) electrons. The Morgan fingerprint density at radius 2 is 1.89 bits per heavy atom. The van der Waals surface area contributed by atoms with Crippen LogP contribution in [0.25, 0.3) is 0 Å². The van der Waals surface area contributed by atoms with Gasteiger partial charge >= 0.3 is 0 Å². The zero-order chi connectivity index (χ0) is 21.2. The first-order valence-corrected chi connectivity index (χ1v) is 9.96. The molecule has 1 aromatic rings. The molecule has 0 unspecified atom stereocenters. The largest absolute Gasteiger partial charge is 0.363 e. The minimum absolute atomic E-state index is 0.0610. The van der Waals surface area contributed by atoms with E-state index in [-0.39, 0.29) is 29.2 Å². The Morgan fingerprint density at radius 1 is 1.25 bits per heavy atom. The van der Waals surface area contributed by atoms with Gasteiger partial charge in [0.05, 0.1) is 12.2 Å². The van der Waals surface area contributed by atoms with Gasteiger partial charge in [-0.1, -0.05) is 20.8 Å². The van der Waals surface area contributed by atoms with Crippen molar-refractivity contribution in [3.8, 4) is 0 Å². The Balaban J connectivity index is 2.24. The number of hydrogen-bond donors (Lipinski definition) is 0. The normalized spacial score (nSPS) is 17.4. The van der Waals surface area contributed by atoms with E-state index < -0.39 is 0 Å². The SMILES string of the molecule is CC(C)N1C[C@H](c2cc(N(C)C)nc(CN(C)C(=O)CC(C)(C)C)n2)CC1=O. The highest BCUT2D eigenvalue weighted by Gasteiger charge is 2.33. The van der Waals surface area contributed by atoms with Crippen molar-refractivity contribution < 1.29 is 9.59 Å². The molecule has 0 aromatic carbocycles. The third-order valence-electron chi connectivity index (χ3n) is 4.92. The van der Waals surface area contributed by atoms with Gasteiger partial charge < -0.3 is 14.7 Å². The summed E-state index contributed by atoms with van der Waals surface area (Å²) in [5.41, 5.74) is 0.815. The molecule has 2 heterocycles. The molecule has 0 bridgehead atoms. The number of carbonyl (C=O) groups is 2. The minimum atomic E-state index is -0.0621. The smallest absolute Gasteiger partial charge is 0.223 e. The molecule has 0 spiro atoms. The van der Waals surface area contributed by atoms with E-state index in [1.807, 2.05) is 43.8 Å². The first kappa shape index (κ1) is 22.1. The van der Waals surface area contributed by atoms with Gasteiger partial charge in [-0.2, -0.15) is 0 Å². The lowest BCUT2D eigenvalue weighted by Gasteiger charge is -2.24. The Kier molecular flexibility index (Phi) is 6.67. The van der Waals surface area contributed by atoms with E-state index >= 15 is 0 Å². The number of hydrogen-bond acceptors (Lipinski definition) is 5. The first-order valence-electron chi connectivity index (χ1n) is 9.96. The molecule has 0 saturated carbocycles. The van der Waals surface area contributed by atoms with Crippen LogP contribution in [0, 0.1) is 5.41 Å². The second-order valence-electron chi connectivity index (χ2n) is 9.49. The number of nitrogens with zero attached hydrogens (tertiary/aromatic N) is 5. The molecular formula is C21H35N5O2. The van der Waals surface area contributed by atoms with Gasteiger partial charge in [-0.3, -0.25) is 9.59 Å². The molecule has 156 valence electrons. The van der Waals surface area contributed by atoms with Crippen molar-refractivity contribution in [3.63, 3.8) is 0 Å². The van der Waals surface area contributed by atoms with E-state index in [1.54, 1.807) is 11.9 Å². The van der Waals surface area contributed by atoms with Crippen molar-refractivity contribution >= 4 is 17.6 Å². The van der Waals surface area contributed by atoms with Crippen molar-refractivity contribution in [2.45, 2.75) is 66.0 Å². The van der Waals surface area contributed by atoms with Crippen LogP contribution in [0.5, 0.6) is 0 Å². The fraction of sp³-hybridized carbons (Fsp3) is 0.714. The van der Waals surface area contributed by atoms with E-state index in [2.05, 4.69) is 25.8 Å². The van der Waals surface area contributed by atoms with Crippen LogP contribution in [0.4, 0.5) is 5.82 Å². The molecule has 1 atom stereocenters. The van der Waals surface area contributed by atoms with Gasteiger partial charge in [0.15, 0.2) is 0 Å². The van der Waals surface area contributed by atoms with Crippen LogP contribution in [0.15, 0.2) is 6.07 Å². The Bertz CT molecular complexity index is 724. The number of anilines is 1. The molecule has 7 heteroatoms. The van der Waals surface area contributed by atoms with Crippen molar-refractivity contribution in [2.75, 3.05) is 32.6 Å². The van der Waals surface area contributed by atoms with Crippen molar-refractivity contribution in [3.05, 3.63) is 17.6 Å². The summed E-state index contributed by atoms with van der Waals surface area (Å²) in [5.74, 6) is 1.72. The predicted octanol–water partition coefficient (Wildman–Crippen LogP) is 2.66. The second kappa shape index (κ2) is 8.45. The minimum Gasteiger partial charge on any atom is -0.363 e. The molecule has 1 aliphatic rings. The number of aromatic nitrogens is 2.